The second kappa shape index (κ2) is 7.64. The van der Waals surface area contributed by atoms with E-state index in [4.69, 9.17) is 5.11 Å². The Morgan fingerprint density at radius 2 is 2.00 bits per heavy atom. The molecule has 0 saturated heterocycles. The number of amides is 1. The maximum atomic E-state index is 13.6. The van der Waals surface area contributed by atoms with E-state index < -0.39 is 17.7 Å². The lowest BCUT2D eigenvalue weighted by atomic mass is 10.0. The van der Waals surface area contributed by atoms with Gasteiger partial charge in [-0.15, -0.1) is 0 Å². The molecule has 1 aliphatic rings. The predicted octanol–water partition coefficient (Wildman–Crippen LogP) is 3.35. The maximum Gasteiger partial charge on any atom is 0.417 e. The fourth-order valence-corrected chi connectivity index (χ4v) is 3.33. The number of hydrogen-bond donors (Lipinski definition) is 1. The van der Waals surface area contributed by atoms with E-state index >= 15 is 0 Å². The topological polar surface area (TPSA) is 88.3 Å². The number of carbonyl (C=O) groups is 2. The number of halogens is 3. The average Bonchev–Trinajstić information content (AvgIpc) is 3.39. The zero-order chi connectivity index (χ0) is 21.5. The highest BCUT2D eigenvalue weighted by atomic mass is 19.4. The van der Waals surface area contributed by atoms with Crippen LogP contribution in [-0.2, 0) is 22.3 Å². The molecule has 0 atom stereocenters. The third kappa shape index (κ3) is 4.51. The van der Waals surface area contributed by atoms with Crippen molar-refractivity contribution in [2.24, 2.45) is 0 Å². The van der Waals surface area contributed by atoms with E-state index in [0.29, 0.717) is 0 Å². The molecule has 29 heavy (non-hydrogen) atoms. The maximum absolute atomic E-state index is 13.6. The molecule has 1 N–H and O–H groups in total. The number of carboxylic acid groups (broad SMARTS) is 1. The Hall–Kier alpha value is -2.65. The zero-order valence-electron chi connectivity index (χ0n) is 16.5. The molecule has 0 aliphatic heterocycles. The van der Waals surface area contributed by atoms with Crippen LogP contribution in [0.1, 0.15) is 56.0 Å². The van der Waals surface area contributed by atoms with E-state index in [1.807, 2.05) is 0 Å². The van der Waals surface area contributed by atoms with Crippen LogP contribution < -0.4 is 0 Å². The van der Waals surface area contributed by atoms with Crippen molar-refractivity contribution in [2.75, 3.05) is 6.54 Å². The summed E-state index contributed by atoms with van der Waals surface area (Å²) in [7, 11) is 0. The Bertz CT molecular complexity index is 948. The molecular formula is C19H23F3N4O3. The Balaban J connectivity index is 2.00. The molecule has 2 aromatic heterocycles. The molecule has 158 valence electrons. The lowest BCUT2D eigenvalue weighted by molar-refractivity contribution is -0.139. The molecule has 0 bridgehead atoms. The first-order valence-electron chi connectivity index (χ1n) is 9.45. The molecule has 7 nitrogen and oxygen atoms in total. The van der Waals surface area contributed by atoms with Crippen molar-refractivity contribution in [3.63, 3.8) is 0 Å². The minimum atomic E-state index is -4.57. The number of nitrogens with zero attached hydrogens (tertiary/aromatic N) is 4. The second-order valence-corrected chi connectivity index (χ2v) is 7.65. The third-order valence-corrected chi connectivity index (χ3v) is 4.95. The number of aromatic nitrogens is 3. The van der Waals surface area contributed by atoms with Crippen LogP contribution in [0.25, 0.3) is 11.0 Å². The highest BCUT2D eigenvalue weighted by Gasteiger charge is 2.37. The lowest BCUT2D eigenvalue weighted by Gasteiger charge is -2.21. The summed E-state index contributed by atoms with van der Waals surface area (Å²) in [5, 5.41) is 12.9. The number of hydrogen-bond acceptors (Lipinski definition) is 4. The minimum absolute atomic E-state index is 0.0170. The first-order chi connectivity index (χ1) is 13.5. The zero-order valence-corrected chi connectivity index (χ0v) is 16.5. The van der Waals surface area contributed by atoms with Crippen LogP contribution in [0.4, 0.5) is 13.2 Å². The molecule has 1 amide bonds. The van der Waals surface area contributed by atoms with Gasteiger partial charge in [0.15, 0.2) is 5.65 Å². The number of carboxylic acids is 1. The summed E-state index contributed by atoms with van der Waals surface area (Å²) in [6, 6.07) is 1.02. The van der Waals surface area contributed by atoms with Gasteiger partial charge in [-0.2, -0.15) is 18.3 Å². The van der Waals surface area contributed by atoms with Gasteiger partial charge in [0.2, 0.25) is 5.91 Å². The van der Waals surface area contributed by atoms with E-state index in [2.05, 4.69) is 10.1 Å². The van der Waals surface area contributed by atoms with Crippen molar-refractivity contribution in [3.8, 4) is 0 Å². The van der Waals surface area contributed by atoms with E-state index in [1.165, 1.54) is 16.5 Å². The summed E-state index contributed by atoms with van der Waals surface area (Å²) in [6.45, 7) is 4.72. The van der Waals surface area contributed by atoms with Crippen molar-refractivity contribution in [2.45, 2.75) is 64.7 Å². The van der Waals surface area contributed by atoms with Crippen LogP contribution in [0.15, 0.2) is 6.07 Å². The van der Waals surface area contributed by atoms with Gasteiger partial charge < -0.3 is 10.0 Å². The van der Waals surface area contributed by atoms with Crippen molar-refractivity contribution in [1.29, 1.82) is 0 Å². The van der Waals surface area contributed by atoms with E-state index in [1.54, 1.807) is 13.8 Å². The molecule has 2 aromatic rings. The third-order valence-electron chi connectivity index (χ3n) is 4.95. The van der Waals surface area contributed by atoms with Crippen LogP contribution >= 0.6 is 0 Å². The Labute approximate surface area is 165 Å². The first kappa shape index (κ1) is 21.1. The van der Waals surface area contributed by atoms with Gasteiger partial charge in [0.1, 0.15) is 6.54 Å². The molecule has 0 spiro atoms. The van der Waals surface area contributed by atoms with Gasteiger partial charge in [0, 0.05) is 18.3 Å². The van der Waals surface area contributed by atoms with Crippen molar-refractivity contribution in [1.82, 2.24) is 19.7 Å². The lowest BCUT2D eigenvalue weighted by Crippen LogP contribution is -2.37. The van der Waals surface area contributed by atoms with Crippen molar-refractivity contribution >= 4 is 22.9 Å². The van der Waals surface area contributed by atoms with Crippen LogP contribution in [0.5, 0.6) is 0 Å². The van der Waals surface area contributed by atoms with Gasteiger partial charge in [-0.3, -0.25) is 9.59 Å². The number of pyridine rings is 1. The van der Waals surface area contributed by atoms with Gasteiger partial charge in [0.05, 0.1) is 23.1 Å². The predicted molar refractivity (Wildman–Crippen MR) is 98.3 cm³/mol. The first-order valence-corrected chi connectivity index (χ1v) is 9.45. The Kier molecular flexibility index (Phi) is 5.55. The van der Waals surface area contributed by atoms with Gasteiger partial charge in [-0.05, 0) is 31.7 Å². The number of carbonyl (C=O) groups excluding carboxylic acids is 1. The van der Waals surface area contributed by atoms with Crippen LogP contribution in [0.2, 0.25) is 0 Å². The summed E-state index contributed by atoms with van der Waals surface area (Å²) in [5.74, 6) is -1.62. The monoisotopic (exact) mass is 412 g/mol. The number of alkyl halides is 3. The quantitative estimate of drug-likeness (QED) is 0.754. The summed E-state index contributed by atoms with van der Waals surface area (Å²) < 4.78 is 42.1. The fourth-order valence-electron chi connectivity index (χ4n) is 3.33. The molecule has 10 heteroatoms. The van der Waals surface area contributed by atoms with E-state index in [0.717, 1.165) is 18.9 Å². The van der Waals surface area contributed by atoms with E-state index in [-0.39, 0.29) is 59.8 Å². The van der Waals surface area contributed by atoms with Crippen LogP contribution in [0, 0.1) is 6.92 Å². The van der Waals surface area contributed by atoms with Crippen molar-refractivity contribution in [3.05, 3.63) is 23.0 Å². The van der Waals surface area contributed by atoms with E-state index in [9.17, 15) is 22.8 Å². The summed E-state index contributed by atoms with van der Waals surface area (Å²) in [5.41, 5.74) is -0.384. The smallest absolute Gasteiger partial charge is 0.417 e. The second-order valence-electron chi connectivity index (χ2n) is 7.65. The molecule has 2 heterocycles. The number of aliphatic carboxylic acids is 1. The molecule has 1 fully saturated rings. The standard InChI is InChI=1S/C19H23F3N4O3/c1-10(2)14-8-13(19(20,21)22)17-11(3)24-26(18(17)23-14)9-15(27)25(12-4-5-12)7-6-16(28)29/h8,10,12H,4-7,9H2,1-3H3,(H,28,29). The largest absolute Gasteiger partial charge is 0.481 e. The highest BCUT2D eigenvalue weighted by molar-refractivity contribution is 5.85. The fraction of sp³-hybridized carbons (Fsp3) is 0.579. The molecule has 3 rings (SSSR count). The molecule has 1 aliphatic carbocycles. The number of rotatable bonds is 7. The molecule has 0 unspecified atom stereocenters. The minimum Gasteiger partial charge on any atom is -0.481 e. The van der Waals surface area contributed by atoms with Gasteiger partial charge >= 0.3 is 12.1 Å². The van der Waals surface area contributed by atoms with Crippen LogP contribution in [-0.4, -0.2) is 49.2 Å². The van der Waals surface area contributed by atoms with Gasteiger partial charge in [-0.1, -0.05) is 13.8 Å². The summed E-state index contributed by atoms with van der Waals surface area (Å²) in [6.07, 6.45) is -3.18. The molecular weight excluding hydrogens is 389 g/mol. The number of fused-ring (bicyclic) bond motifs is 1. The highest BCUT2D eigenvalue weighted by Crippen LogP contribution is 2.37. The van der Waals surface area contributed by atoms with Crippen molar-refractivity contribution < 1.29 is 27.9 Å². The van der Waals surface area contributed by atoms with Gasteiger partial charge in [0.25, 0.3) is 0 Å². The number of aryl methyl sites for hydroxylation is 1. The Morgan fingerprint density at radius 1 is 1.34 bits per heavy atom. The average molecular weight is 412 g/mol. The Morgan fingerprint density at radius 3 is 2.52 bits per heavy atom. The molecule has 0 radical (unpaired) electrons. The van der Waals surface area contributed by atoms with Gasteiger partial charge in [-0.25, -0.2) is 9.67 Å². The normalized spacial score (nSPS) is 14.6. The van der Waals surface area contributed by atoms with Crippen LogP contribution in [0.3, 0.4) is 0 Å². The SMILES string of the molecule is Cc1nn(CC(=O)N(CCC(=O)O)C2CC2)c2nc(C(C)C)cc(C(F)(F)F)c12. The summed E-state index contributed by atoms with van der Waals surface area (Å²) in [4.78, 5) is 29.5. The molecule has 1 saturated carbocycles. The summed E-state index contributed by atoms with van der Waals surface area (Å²) >= 11 is 0. The molecule has 0 aromatic carbocycles.